The van der Waals surface area contributed by atoms with Crippen LogP contribution in [-0.2, 0) is 10.1 Å². The molecule has 0 atom stereocenters. The first-order valence-electron chi connectivity index (χ1n) is 22.2. The number of nitrogens with zero attached hydrogens (tertiary/aromatic N) is 1. The number of aryl methyl sites for hydroxylation is 1. The van der Waals surface area contributed by atoms with Crippen molar-refractivity contribution in [1.82, 2.24) is 0 Å². The van der Waals surface area contributed by atoms with Crippen LogP contribution in [0.15, 0.2) is 29.2 Å². The fraction of sp³-hybridized carbons (Fsp3) is 0.826. The minimum atomic E-state index is -4.27. The van der Waals surface area contributed by atoms with Crippen molar-refractivity contribution in [2.24, 2.45) is 0 Å². The molecule has 1 aromatic rings. The average molecular weight is 811 g/mol. The fourth-order valence-electron chi connectivity index (χ4n) is 7.28. The summed E-state index contributed by atoms with van der Waals surface area (Å²) in [4.78, 5) is 2.91. The maximum Gasteiger partial charge on any atom is 0.141 e. The Morgan fingerprint density at radius 3 is 1.02 bits per heavy atom. The number of halogens is 1. The highest BCUT2D eigenvalue weighted by molar-refractivity contribution is 9.12. The molecule has 0 aliphatic heterocycles. The van der Waals surface area contributed by atoms with Crippen LogP contribution in [0, 0.1) is 17.7 Å². The van der Waals surface area contributed by atoms with Gasteiger partial charge >= 0.3 is 0 Å². The van der Waals surface area contributed by atoms with Gasteiger partial charge < -0.3 is 9.04 Å². The SMILES string of the molecule is CCCCCCCCCCCC[N+](CC#CBr)(CCCCCCCCCCCC)CCCCCCCCCCCC.Cc1ccc(S(=O)(=O)[O-])cc1. The van der Waals surface area contributed by atoms with E-state index in [1.54, 1.807) is 12.1 Å². The summed E-state index contributed by atoms with van der Waals surface area (Å²) < 4.78 is 32.4. The van der Waals surface area contributed by atoms with Crippen molar-refractivity contribution >= 4 is 26.0 Å². The molecule has 0 fully saturated rings. The maximum absolute atomic E-state index is 10.4. The second kappa shape index (κ2) is 37.1. The molecule has 0 amide bonds. The topological polar surface area (TPSA) is 57.2 Å². The number of rotatable bonds is 35. The predicted molar refractivity (Wildman–Crippen MR) is 231 cm³/mol. The molecule has 0 unspecified atom stereocenters. The monoisotopic (exact) mass is 810 g/mol. The Hall–Kier alpha value is -0.870. The summed E-state index contributed by atoms with van der Waals surface area (Å²) >= 11 is 3.43. The lowest BCUT2D eigenvalue weighted by Crippen LogP contribution is -2.50. The van der Waals surface area contributed by atoms with Crippen molar-refractivity contribution in [2.45, 2.75) is 225 Å². The second-order valence-electron chi connectivity index (χ2n) is 15.8. The second-order valence-corrected chi connectivity index (χ2v) is 17.5. The highest BCUT2D eigenvalue weighted by Gasteiger charge is 2.25. The van der Waals surface area contributed by atoms with E-state index in [-0.39, 0.29) is 4.90 Å². The van der Waals surface area contributed by atoms with E-state index in [9.17, 15) is 13.0 Å². The zero-order valence-corrected chi connectivity index (χ0v) is 37.2. The zero-order valence-electron chi connectivity index (χ0n) is 34.8. The van der Waals surface area contributed by atoms with E-state index in [2.05, 4.69) is 47.5 Å². The largest absolute Gasteiger partial charge is 0.744 e. The molecule has 0 aliphatic carbocycles. The first-order chi connectivity index (χ1) is 25.2. The molecule has 52 heavy (non-hydrogen) atoms. The standard InChI is InChI=1S/C39H77BrN.C7H8O3S/c1-4-7-10-13-16-19-22-25-28-31-36-41(39-34-35-40,37-32-29-26-23-20-17-14-11-8-5-2)38-33-30-27-24-21-18-15-12-9-6-3;1-6-2-4-7(5-3-6)11(8,9)10/h4-33,36-39H2,1-3H3;2-5H,1H3,(H,8,9,10)/q+1;/p-1. The molecule has 6 heteroatoms. The van der Waals surface area contributed by atoms with Crippen LogP contribution < -0.4 is 0 Å². The lowest BCUT2D eigenvalue weighted by molar-refractivity contribution is -0.922. The van der Waals surface area contributed by atoms with Gasteiger partial charge in [-0.3, -0.25) is 0 Å². The van der Waals surface area contributed by atoms with Gasteiger partial charge in [0.25, 0.3) is 0 Å². The molecule has 0 spiro atoms. The van der Waals surface area contributed by atoms with E-state index < -0.39 is 10.1 Å². The fourth-order valence-corrected chi connectivity index (χ4v) is 7.87. The lowest BCUT2D eigenvalue weighted by Gasteiger charge is -2.38. The zero-order chi connectivity index (χ0) is 38.4. The predicted octanol–water partition coefficient (Wildman–Crippen LogP) is 14.8. The Kier molecular flexibility index (Phi) is 36.5. The van der Waals surface area contributed by atoms with Gasteiger partial charge in [0.05, 0.1) is 24.5 Å². The summed E-state index contributed by atoms with van der Waals surface area (Å²) in [5, 5.41) is 0. The van der Waals surface area contributed by atoms with Crippen molar-refractivity contribution in [3.63, 3.8) is 0 Å². The van der Waals surface area contributed by atoms with E-state index in [1.165, 1.54) is 229 Å². The molecule has 0 bridgehead atoms. The molecule has 304 valence electrons. The highest BCUT2D eigenvalue weighted by atomic mass is 79.9. The van der Waals surface area contributed by atoms with Gasteiger partial charge in [-0.1, -0.05) is 193 Å². The Labute approximate surface area is 334 Å². The van der Waals surface area contributed by atoms with Crippen molar-refractivity contribution in [3.05, 3.63) is 29.8 Å². The first-order valence-corrected chi connectivity index (χ1v) is 24.4. The number of quaternary nitrogens is 1. The lowest BCUT2D eigenvalue weighted by atomic mass is 10.0. The summed E-state index contributed by atoms with van der Waals surface area (Å²) in [6.07, 6.45) is 42.9. The van der Waals surface area contributed by atoms with Crippen LogP contribution in [0.25, 0.3) is 0 Å². The third kappa shape index (κ3) is 32.6. The normalized spacial score (nSPS) is 11.6. The van der Waals surface area contributed by atoms with Crippen LogP contribution >= 0.6 is 15.9 Å². The number of hydrogen-bond acceptors (Lipinski definition) is 3. The summed E-state index contributed by atoms with van der Waals surface area (Å²) in [6, 6.07) is 5.78. The quantitative estimate of drug-likeness (QED) is 0.0297. The van der Waals surface area contributed by atoms with Gasteiger partial charge in [0.15, 0.2) is 0 Å². The van der Waals surface area contributed by atoms with E-state index in [0.717, 1.165) is 12.1 Å². The van der Waals surface area contributed by atoms with Crippen LogP contribution in [0.4, 0.5) is 0 Å². The van der Waals surface area contributed by atoms with Crippen molar-refractivity contribution in [3.8, 4) is 10.8 Å². The minimum Gasteiger partial charge on any atom is -0.744 e. The van der Waals surface area contributed by atoms with E-state index in [1.807, 2.05) is 6.92 Å². The molecule has 1 rings (SSSR count). The van der Waals surface area contributed by atoms with Gasteiger partial charge in [0.1, 0.15) is 16.7 Å². The molecule has 4 nitrogen and oxygen atoms in total. The molecule has 0 saturated carbocycles. The van der Waals surface area contributed by atoms with Crippen molar-refractivity contribution in [1.29, 1.82) is 0 Å². The molecular formula is C46H84BrNO3S. The molecule has 0 heterocycles. The molecule has 0 N–H and O–H groups in total. The van der Waals surface area contributed by atoms with Gasteiger partial charge in [-0.2, -0.15) is 0 Å². The van der Waals surface area contributed by atoms with Gasteiger partial charge in [0.2, 0.25) is 0 Å². The molecule has 0 aliphatic rings. The third-order valence-corrected chi connectivity index (χ3v) is 11.9. The van der Waals surface area contributed by atoms with Gasteiger partial charge in [-0.25, -0.2) is 8.42 Å². The molecule has 0 radical (unpaired) electrons. The van der Waals surface area contributed by atoms with Crippen molar-refractivity contribution in [2.75, 3.05) is 26.2 Å². The first kappa shape index (κ1) is 51.1. The van der Waals surface area contributed by atoms with E-state index in [0.29, 0.717) is 0 Å². The highest BCUT2D eigenvalue weighted by Crippen LogP contribution is 2.20. The number of unbranched alkanes of at least 4 members (excludes halogenated alkanes) is 27. The van der Waals surface area contributed by atoms with Crippen LogP contribution in [-0.4, -0.2) is 43.6 Å². The summed E-state index contributed by atoms with van der Waals surface area (Å²) in [5.41, 5.74) is 0.928. The van der Waals surface area contributed by atoms with Crippen LogP contribution in [0.3, 0.4) is 0 Å². The smallest absolute Gasteiger partial charge is 0.141 e. The molecular weight excluding hydrogens is 726 g/mol. The maximum atomic E-state index is 10.4. The summed E-state index contributed by atoms with van der Waals surface area (Å²) in [6.45, 7) is 13.9. The Morgan fingerprint density at radius 2 is 0.769 bits per heavy atom. The average Bonchev–Trinajstić information content (AvgIpc) is 3.13. The van der Waals surface area contributed by atoms with Crippen LogP contribution in [0.5, 0.6) is 0 Å². The Bertz CT molecular complexity index is 1000. The summed E-state index contributed by atoms with van der Waals surface area (Å²) in [5.74, 6) is 3.48. The van der Waals surface area contributed by atoms with Crippen LogP contribution in [0.1, 0.15) is 219 Å². The van der Waals surface area contributed by atoms with Crippen LogP contribution in [0.2, 0.25) is 0 Å². The molecule has 0 saturated heterocycles. The number of hydrogen-bond donors (Lipinski definition) is 0. The minimum absolute atomic E-state index is 0.178. The van der Waals surface area contributed by atoms with Gasteiger partial charge in [0, 0.05) is 15.9 Å². The van der Waals surface area contributed by atoms with Gasteiger partial charge in [-0.05, 0) is 68.3 Å². The van der Waals surface area contributed by atoms with Crippen molar-refractivity contribution < 1.29 is 17.5 Å². The Balaban J connectivity index is 0.00000199. The van der Waals surface area contributed by atoms with E-state index >= 15 is 0 Å². The van der Waals surface area contributed by atoms with E-state index in [4.69, 9.17) is 0 Å². The molecule has 0 aromatic heterocycles. The number of benzene rings is 1. The summed E-state index contributed by atoms with van der Waals surface area (Å²) in [7, 11) is -4.27. The molecule has 1 aromatic carbocycles. The Morgan fingerprint density at radius 1 is 0.500 bits per heavy atom. The third-order valence-electron chi connectivity index (χ3n) is 10.7. The van der Waals surface area contributed by atoms with Gasteiger partial charge in [-0.15, -0.1) is 0 Å².